The maximum atomic E-state index is 6.00. The van der Waals surface area contributed by atoms with E-state index in [2.05, 4.69) is 5.32 Å². The zero-order chi connectivity index (χ0) is 15.4. The maximum absolute atomic E-state index is 6.00. The Hall–Kier alpha value is -2.39. The molecule has 0 spiro atoms. The highest BCUT2D eigenvalue weighted by molar-refractivity contribution is 6.30. The molecule has 1 heterocycles. The van der Waals surface area contributed by atoms with Crippen molar-refractivity contribution < 1.29 is 9.15 Å². The quantitative estimate of drug-likeness (QED) is 0.701. The highest BCUT2D eigenvalue weighted by atomic mass is 35.5. The third-order valence-corrected chi connectivity index (χ3v) is 3.56. The smallest absolute Gasteiger partial charge is 0.134 e. The molecule has 2 aromatic carbocycles. The minimum Gasteiger partial charge on any atom is -0.497 e. The van der Waals surface area contributed by atoms with Crippen molar-refractivity contribution in [3.8, 4) is 17.1 Å². The van der Waals surface area contributed by atoms with E-state index in [0.717, 1.165) is 28.5 Å². The van der Waals surface area contributed by atoms with Gasteiger partial charge in [-0.15, -0.1) is 0 Å². The number of hydrogen-bond donors (Lipinski definition) is 1. The van der Waals surface area contributed by atoms with Crippen LogP contribution in [-0.4, -0.2) is 7.11 Å². The topological polar surface area (TPSA) is 34.4 Å². The second kappa shape index (κ2) is 6.58. The molecule has 0 amide bonds. The van der Waals surface area contributed by atoms with Crippen molar-refractivity contribution in [2.45, 2.75) is 6.54 Å². The van der Waals surface area contributed by atoms with Gasteiger partial charge in [0.1, 0.15) is 17.3 Å². The van der Waals surface area contributed by atoms with Crippen molar-refractivity contribution in [3.63, 3.8) is 0 Å². The first kappa shape index (κ1) is 14.5. The number of anilines is 1. The summed E-state index contributed by atoms with van der Waals surface area (Å²) in [5.41, 5.74) is 1.99. The van der Waals surface area contributed by atoms with Crippen molar-refractivity contribution in [2.24, 2.45) is 0 Å². The molecule has 0 saturated heterocycles. The third-order valence-electron chi connectivity index (χ3n) is 3.33. The van der Waals surface area contributed by atoms with Crippen molar-refractivity contribution in [3.05, 3.63) is 71.4 Å². The third kappa shape index (κ3) is 3.43. The summed E-state index contributed by atoms with van der Waals surface area (Å²) in [7, 11) is 1.66. The second-order valence-corrected chi connectivity index (χ2v) is 5.29. The number of ether oxygens (including phenoxy) is 1. The molecule has 0 radical (unpaired) electrons. The fourth-order valence-electron chi connectivity index (χ4n) is 2.17. The molecule has 0 atom stereocenters. The summed E-state index contributed by atoms with van der Waals surface area (Å²) in [6.45, 7) is 0.618. The van der Waals surface area contributed by atoms with Gasteiger partial charge < -0.3 is 14.5 Å². The molecule has 3 nitrogen and oxygen atoms in total. The van der Waals surface area contributed by atoms with Crippen LogP contribution in [-0.2, 0) is 6.54 Å². The van der Waals surface area contributed by atoms with E-state index < -0.39 is 0 Å². The van der Waals surface area contributed by atoms with Crippen LogP contribution < -0.4 is 10.1 Å². The van der Waals surface area contributed by atoms with Gasteiger partial charge in [0.25, 0.3) is 0 Å². The first-order chi connectivity index (χ1) is 10.7. The van der Waals surface area contributed by atoms with Gasteiger partial charge in [-0.3, -0.25) is 0 Å². The zero-order valence-corrected chi connectivity index (χ0v) is 12.9. The molecule has 3 aromatic rings. The Labute approximate surface area is 134 Å². The van der Waals surface area contributed by atoms with Gasteiger partial charge in [-0.1, -0.05) is 23.7 Å². The van der Waals surface area contributed by atoms with Gasteiger partial charge in [0.05, 0.1) is 13.7 Å². The molecule has 0 aliphatic carbocycles. The second-order valence-electron chi connectivity index (χ2n) is 4.86. The largest absolute Gasteiger partial charge is 0.497 e. The predicted molar refractivity (Wildman–Crippen MR) is 89.5 cm³/mol. The van der Waals surface area contributed by atoms with E-state index >= 15 is 0 Å². The van der Waals surface area contributed by atoms with Crippen molar-refractivity contribution in [1.82, 2.24) is 0 Å². The van der Waals surface area contributed by atoms with Crippen LogP contribution in [0.1, 0.15) is 5.76 Å². The van der Waals surface area contributed by atoms with Crippen LogP contribution in [0.5, 0.6) is 5.75 Å². The minimum absolute atomic E-state index is 0.618. The molecule has 0 unspecified atom stereocenters. The van der Waals surface area contributed by atoms with Gasteiger partial charge in [-0.05, 0) is 48.5 Å². The molecule has 0 aliphatic rings. The zero-order valence-electron chi connectivity index (χ0n) is 12.2. The number of rotatable bonds is 5. The molecule has 112 valence electrons. The SMILES string of the molecule is COc1ccc(NCc2ccc(-c3cccc(Cl)c3)o2)cc1. The lowest BCUT2D eigenvalue weighted by Crippen LogP contribution is -1.97. The summed E-state index contributed by atoms with van der Waals surface area (Å²) in [6, 6.07) is 19.3. The molecular formula is C18H16ClNO2. The Bertz CT molecular complexity index is 750. The summed E-state index contributed by atoms with van der Waals surface area (Å²) in [4.78, 5) is 0. The lowest BCUT2D eigenvalue weighted by molar-refractivity contribution is 0.415. The van der Waals surface area contributed by atoms with Crippen LogP contribution in [0.4, 0.5) is 5.69 Å². The maximum Gasteiger partial charge on any atom is 0.134 e. The Kier molecular flexibility index (Phi) is 4.35. The van der Waals surface area contributed by atoms with E-state index in [9.17, 15) is 0 Å². The molecule has 1 N–H and O–H groups in total. The van der Waals surface area contributed by atoms with Crippen LogP contribution in [0.15, 0.2) is 65.1 Å². The van der Waals surface area contributed by atoms with Crippen LogP contribution in [0.2, 0.25) is 5.02 Å². The van der Waals surface area contributed by atoms with Gasteiger partial charge in [0.15, 0.2) is 0 Å². The van der Waals surface area contributed by atoms with Crippen molar-refractivity contribution >= 4 is 17.3 Å². The first-order valence-corrected chi connectivity index (χ1v) is 7.35. The molecule has 3 rings (SSSR count). The summed E-state index contributed by atoms with van der Waals surface area (Å²) in [5, 5.41) is 4.01. The van der Waals surface area contributed by atoms with Crippen molar-refractivity contribution in [2.75, 3.05) is 12.4 Å². The Morgan fingerprint density at radius 1 is 1.05 bits per heavy atom. The Morgan fingerprint density at radius 2 is 1.86 bits per heavy atom. The molecule has 0 saturated carbocycles. The van der Waals surface area contributed by atoms with E-state index in [1.807, 2.05) is 60.7 Å². The van der Waals surface area contributed by atoms with Crippen LogP contribution in [0.25, 0.3) is 11.3 Å². The van der Waals surface area contributed by atoms with E-state index in [4.69, 9.17) is 20.8 Å². The standard InChI is InChI=1S/C18H16ClNO2/c1-21-16-7-5-15(6-8-16)20-12-17-9-10-18(22-17)13-3-2-4-14(19)11-13/h2-11,20H,12H2,1H3. The fraction of sp³-hybridized carbons (Fsp3) is 0.111. The Balaban J connectivity index is 1.66. The minimum atomic E-state index is 0.618. The van der Waals surface area contributed by atoms with Crippen molar-refractivity contribution in [1.29, 1.82) is 0 Å². The average Bonchev–Trinajstić information content (AvgIpc) is 3.02. The van der Waals surface area contributed by atoms with E-state index in [-0.39, 0.29) is 0 Å². The first-order valence-electron chi connectivity index (χ1n) is 6.97. The number of hydrogen-bond acceptors (Lipinski definition) is 3. The monoisotopic (exact) mass is 313 g/mol. The number of methoxy groups -OCH3 is 1. The number of benzene rings is 2. The molecule has 0 bridgehead atoms. The van der Waals surface area contributed by atoms with E-state index in [1.165, 1.54) is 0 Å². The number of furan rings is 1. The van der Waals surface area contributed by atoms with Crippen LogP contribution in [0, 0.1) is 0 Å². The Morgan fingerprint density at radius 3 is 2.59 bits per heavy atom. The van der Waals surface area contributed by atoms with Gasteiger partial charge in [-0.2, -0.15) is 0 Å². The fourth-order valence-corrected chi connectivity index (χ4v) is 2.36. The summed E-state index contributed by atoms with van der Waals surface area (Å²) in [5.74, 6) is 2.52. The lowest BCUT2D eigenvalue weighted by Gasteiger charge is -2.05. The van der Waals surface area contributed by atoms with Gasteiger partial charge in [-0.25, -0.2) is 0 Å². The molecule has 22 heavy (non-hydrogen) atoms. The van der Waals surface area contributed by atoms with Crippen LogP contribution >= 0.6 is 11.6 Å². The average molecular weight is 314 g/mol. The van der Waals surface area contributed by atoms with Gasteiger partial charge in [0, 0.05) is 16.3 Å². The summed E-state index contributed by atoms with van der Waals surface area (Å²) < 4.78 is 11.0. The van der Waals surface area contributed by atoms with Gasteiger partial charge >= 0.3 is 0 Å². The molecule has 0 aliphatic heterocycles. The van der Waals surface area contributed by atoms with Gasteiger partial charge in [0.2, 0.25) is 0 Å². The van der Waals surface area contributed by atoms with Crippen LogP contribution in [0.3, 0.4) is 0 Å². The normalized spacial score (nSPS) is 10.5. The molecule has 4 heteroatoms. The van der Waals surface area contributed by atoms with E-state index in [0.29, 0.717) is 11.6 Å². The highest BCUT2D eigenvalue weighted by Gasteiger charge is 2.05. The molecular weight excluding hydrogens is 298 g/mol. The summed E-state index contributed by atoms with van der Waals surface area (Å²) in [6.07, 6.45) is 0. The number of nitrogens with one attached hydrogen (secondary N) is 1. The summed E-state index contributed by atoms with van der Waals surface area (Å²) >= 11 is 6.00. The lowest BCUT2D eigenvalue weighted by atomic mass is 10.2. The molecule has 0 fully saturated rings. The number of halogens is 1. The highest BCUT2D eigenvalue weighted by Crippen LogP contribution is 2.25. The van der Waals surface area contributed by atoms with E-state index in [1.54, 1.807) is 7.11 Å². The molecule has 1 aromatic heterocycles. The predicted octanol–water partition coefficient (Wildman–Crippen LogP) is 5.22.